The van der Waals surface area contributed by atoms with Crippen LogP contribution in [0.4, 0.5) is 10.5 Å². The minimum atomic E-state index is -0.528. The average Bonchev–Trinajstić information content (AvgIpc) is 2.59. The fraction of sp³-hybridized carbons (Fsp3) is 0.526. The lowest BCUT2D eigenvalue weighted by Crippen LogP contribution is -2.43. The summed E-state index contributed by atoms with van der Waals surface area (Å²) in [5, 5.41) is 12.2. The van der Waals surface area contributed by atoms with Crippen LogP contribution in [0.1, 0.15) is 32.8 Å². The SMILES string of the molecule is CN=C(NCCNC(=O)OC(C)(C)C)NCCC(=O)Nc1cccc(Cl)c1C. The van der Waals surface area contributed by atoms with E-state index in [2.05, 4.69) is 26.3 Å². The molecule has 9 heteroatoms. The maximum Gasteiger partial charge on any atom is 0.407 e. The molecule has 0 fully saturated rings. The summed E-state index contributed by atoms with van der Waals surface area (Å²) in [7, 11) is 1.63. The molecule has 0 aliphatic rings. The van der Waals surface area contributed by atoms with E-state index in [1.807, 2.05) is 13.0 Å². The van der Waals surface area contributed by atoms with E-state index in [9.17, 15) is 9.59 Å². The molecule has 0 radical (unpaired) electrons. The summed E-state index contributed by atoms with van der Waals surface area (Å²) in [6.45, 7) is 8.52. The maximum absolute atomic E-state index is 12.1. The standard InChI is InChI=1S/C19H30ClN5O3/c1-13-14(20)7-6-8-15(13)25-16(26)9-10-22-17(21-5)23-11-12-24-18(27)28-19(2,3)4/h6-8H,9-12H2,1-5H3,(H,24,27)(H,25,26)(H2,21,22,23). The van der Waals surface area contributed by atoms with Crippen LogP contribution in [0.3, 0.4) is 0 Å². The van der Waals surface area contributed by atoms with Gasteiger partial charge in [0.15, 0.2) is 5.96 Å². The van der Waals surface area contributed by atoms with E-state index >= 15 is 0 Å². The second-order valence-corrected chi connectivity index (χ2v) is 7.47. The van der Waals surface area contributed by atoms with E-state index in [0.29, 0.717) is 36.3 Å². The molecule has 1 aromatic rings. The van der Waals surface area contributed by atoms with Crippen LogP contribution in [0, 0.1) is 6.92 Å². The lowest BCUT2D eigenvalue weighted by atomic mass is 10.2. The zero-order valence-corrected chi connectivity index (χ0v) is 17.9. The summed E-state index contributed by atoms with van der Waals surface area (Å²) in [5.41, 5.74) is 1.01. The van der Waals surface area contributed by atoms with Crippen molar-refractivity contribution < 1.29 is 14.3 Å². The molecule has 2 amide bonds. The minimum Gasteiger partial charge on any atom is -0.444 e. The minimum absolute atomic E-state index is 0.125. The molecule has 0 bridgehead atoms. The van der Waals surface area contributed by atoms with Gasteiger partial charge in [-0.2, -0.15) is 0 Å². The number of aliphatic imine (C=N–C) groups is 1. The molecule has 0 saturated heterocycles. The molecule has 8 nitrogen and oxygen atoms in total. The first kappa shape index (κ1) is 23.6. The second-order valence-electron chi connectivity index (χ2n) is 7.07. The Morgan fingerprint density at radius 3 is 2.39 bits per heavy atom. The third-order valence-electron chi connectivity index (χ3n) is 3.50. The van der Waals surface area contributed by atoms with Crippen molar-refractivity contribution >= 4 is 35.2 Å². The van der Waals surface area contributed by atoms with Gasteiger partial charge < -0.3 is 26.0 Å². The maximum atomic E-state index is 12.1. The van der Waals surface area contributed by atoms with Gasteiger partial charge in [-0.1, -0.05) is 17.7 Å². The summed E-state index contributed by atoms with van der Waals surface area (Å²) in [6.07, 6.45) is -0.201. The number of carbonyl (C=O) groups excluding carboxylic acids is 2. The first-order valence-electron chi connectivity index (χ1n) is 9.08. The molecular weight excluding hydrogens is 382 g/mol. The number of nitrogens with one attached hydrogen (secondary N) is 4. The van der Waals surface area contributed by atoms with Gasteiger partial charge in [0.2, 0.25) is 5.91 Å². The fourth-order valence-electron chi connectivity index (χ4n) is 2.13. The van der Waals surface area contributed by atoms with Crippen LogP contribution in [0.5, 0.6) is 0 Å². The smallest absolute Gasteiger partial charge is 0.407 e. The van der Waals surface area contributed by atoms with Gasteiger partial charge in [-0.15, -0.1) is 0 Å². The number of alkyl carbamates (subject to hydrolysis) is 1. The molecule has 4 N–H and O–H groups in total. The molecule has 28 heavy (non-hydrogen) atoms. The Morgan fingerprint density at radius 1 is 1.11 bits per heavy atom. The number of benzene rings is 1. The molecule has 0 spiro atoms. The third-order valence-corrected chi connectivity index (χ3v) is 3.91. The van der Waals surface area contributed by atoms with Crippen LogP contribution in [-0.4, -0.2) is 50.2 Å². The number of hydrogen-bond acceptors (Lipinski definition) is 4. The van der Waals surface area contributed by atoms with Crippen molar-refractivity contribution in [1.29, 1.82) is 0 Å². The van der Waals surface area contributed by atoms with E-state index in [4.69, 9.17) is 16.3 Å². The first-order chi connectivity index (χ1) is 13.1. The lowest BCUT2D eigenvalue weighted by Gasteiger charge is -2.19. The highest BCUT2D eigenvalue weighted by atomic mass is 35.5. The van der Waals surface area contributed by atoms with Gasteiger partial charge in [0.1, 0.15) is 5.60 Å². The van der Waals surface area contributed by atoms with Gasteiger partial charge in [-0.3, -0.25) is 9.79 Å². The molecule has 1 aromatic carbocycles. The number of halogens is 1. The van der Waals surface area contributed by atoms with Crippen LogP contribution >= 0.6 is 11.6 Å². The number of amides is 2. The number of nitrogens with zero attached hydrogens (tertiary/aromatic N) is 1. The van der Waals surface area contributed by atoms with Gasteiger partial charge in [0.05, 0.1) is 0 Å². The van der Waals surface area contributed by atoms with Crippen molar-refractivity contribution in [3.05, 3.63) is 28.8 Å². The topological polar surface area (TPSA) is 104 Å². The first-order valence-corrected chi connectivity index (χ1v) is 9.46. The molecule has 1 rings (SSSR count). The van der Waals surface area contributed by atoms with Gasteiger partial charge in [0, 0.05) is 43.8 Å². The summed E-state index contributed by atoms with van der Waals surface area (Å²) < 4.78 is 5.15. The van der Waals surface area contributed by atoms with E-state index in [1.165, 1.54) is 0 Å². The van der Waals surface area contributed by atoms with Crippen LogP contribution in [0.25, 0.3) is 0 Å². The monoisotopic (exact) mass is 411 g/mol. The second kappa shape index (κ2) is 11.4. The molecule has 0 atom stereocenters. The lowest BCUT2D eigenvalue weighted by molar-refractivity contribution is -0.116. The largest absolute Gasteiger partial charge is 0.444 e. The number of ether oxygens (including phenoxy) is 1. The highest BCUT2D eigenvalue weighted by Gasteiger charge is 2.15. The summed E-state index contributed by atoms with van der Waals surface area (Å²) in [5.74, 6) is 0.414. The highest BCUT2D eigenvalue weighted by Crippen LogP contribution is 2.22. The number of carbonyl (C=O) groups is 2. The molecule has 0 aliphatic heterocycles. The fourth-order valence-corrected chi connectivity index (χ4v) is 2.30. The summed E-state index contributed by atoms with van der Waals surface area (Å²) in [4.78, 5) is 27.7. The van der Waals surface area contributed by atoms with E-state index in [-0.39, 0.29) is 12.3 Å². The predicted molar refractivity (Wildman–Crippen MR) is 113 cm³/mol. The molecule has 0 heterocycles. The Balaban J connectivity index is 2.26. The Kier molecular flexibility index (Phi) is 9.58. The van der Waals surface area contributed by atoms with Gasteiger partial charge in [0.25, 0.3) is 0 Å². The highest BCUT2D eigenvalue weighted by molar-refractivity contribution is 6.31. The Hall–Kier alpha value is -2.48. The van der Waals surface area contributed by atoms with Crippen LogP contribution in [0.2, 0.25) is 5.02 Å². The van der Waals surface area contributed by atoms with Crippen molar-refractivity contribution in [2.45, 2.75) is 39.7 Å². The van der Waals surface area contributed by atoms with Crippen LogP contribution < -0.4 is 21.3 Å². The Morgan fingerprint density at radius 2 is 1.75 bits per heavy atom. The van der Waals surface area contributed by atoms with Gasteiger partial charge in [-0.25, -0.2) is 4.79 Å². The number of anilines is 1. The molecule has 0 aromatic heterocycles. The Bertz CT molecular complexity index is 701. The predicted octanol–water partition coefficient (Wildman–Crippen LogP) is 2.67. The molecule has 156 valence electrons. The quantitative estimate of drug-likeness (QED) is 0.314. The summed E-state index contributed by atoms with van der Waals surface area (Å²) >= 11 is 6.05. The van der Waals surface area contributed by atoms with Crippen molar-refractivity contribution in [1.82, 2.24) is 16.0 Å². The zero-order valence-electron chi connectivity index (χ0n) is 17.1. The van der Waals surface area contributed by atoms with Crippen LogP contribution in [0.15, 0.2) is 23.2 Å². The normalized spacial score (nSPS) is 11.6. The molecule has 0 saturated carbocycles. The summed E-state index contributed by atoms with van der Waals surface area (Å²) in [6, 6.07) is 5.38. The van der Waals surface area contributed by atoms with Gasteiger partial charge in [-0.05, 0) is 45.4 Å². The van der Waals surface area contributed by atoms with Crippen LogP contribution in [-0.2, 0) is 9.53 Å². The number of rotatable bonds is 7. The molecular formula is C19H30ClN5O3. The van der Waals surface area contributed by atoms with Crippen molar-refractivity contribution in [2.24, 2.45) is 4.99 Å². The van der Waals surface area contributed by atoms with Crippen molar-refractivity contribution in [3.8, 4) is 0 Å². The number of guanidine groups is 1. The van der Waals surface area contributed by atoms with E-state index < -0.39 is 11.7 Å². The Labute approximate surface area is 171 Å². The van der Waals surface area contributed by atoms with E-state index in [1.54, 1.807) is 40.0 Å². The van der Waals surface area contributed by atoms with Crippen molar-refractivity contribution in [3.63, 3.8) is 0 Å². The van der Waals surface area contributed by atoms with Gasteiger partial charge >= 0.3 is 6.09 Å². The number of hydrogen-bond donors (Lipinski definition) is 4. The van der Waals surface area contributed by atoms with Crippen molar-refractivity contribution in [2.75, 3.05) is 32.0 Å². The zero-order chi connectivity index (χ0) is 21.2. The molecule has 0 unspecified atom stereocenters. The molecule has 0 aliphatic carbocycles. The average molecular weight is 412 g/mol. The van der Waals surface area contributed by atoms with E-state index in [0.717, 1.165) is 5.56 Å². The third kappa shape index (κ3) is 9.45.